The summed E-state index contributed by atoms with van der Waals surface area (Å²) in [5.41, 5.74) is 0.671. The molecule has 0 spiro atoms. The number of hydrogen-bond donors (Lipinski definition) is 1. The van der Waals surface area contributed by atoms with Crippen molar-refractivity contribution in [1.29, 1.82) is 0 Å². The van der Waals surface area contributed by atoms with Crippen molar-refractivity contribution in [1.82, 2.24) is 24.6 Å². The quantitative estimate of drug-likeness (QED) is 0.656. The van der Waals surface area contributed by atoms with E-state index < -0.39 is 0 Å². The van der Waals surface area contributed by atoms with Crippen molar-refractivity contribution in [2.24, 2.45) is 7.05 Å². The lowest BCUT2D eigenvalue weighted by Gasteiger charge is -2.12. The first-order chi connectivity index (χ1) is 13.6. The fraction of sp³-hybridized carbons (Fsp3) is 0.263. The standard InChI is InChI=1S/C19H21N5O4/c1-23-17(14-8-4-5-10-20-14)22-24(19(23)26)12-11-21-18(25)13-7-6-9-15(27-2)16(13)28-3/h4-10H,11-12H2,1-3H3,(H,21,25). The van der Waals surface area contributed by atoms with Crippen molar-refractivity contribution in [3.8, 4) is 23.0 Å². The summed E-state index contributed by atoms with van der Waals surface area (Å²) in [6.07, 6.45) is 1.64. The highest BCUT2D eigenvalue weighted by atomic mass is 16.5. The fourth-order valence-corrected chi connectivity index (χ4v) is 2.79. The van der Waals surface area contributed by atoms with Crippen molar-refractivity contribution in [3.63, 3.8) is 0 Å². The van der Waals surface area contributed by atoms with Gasteiger partial charge in [-0.05, 0) is 24.3 Å². The van der Waals surface area contributed by atoms with Crippen LogP contribution in [0.25, 0.3) is 11.5 Å². The smallest absolute Gasteiger partial charge is 0.346 e. The fourth-order valence-electron chi connectivity index (χ4n) is 2.79. The molecular formula is C19H21N5O4. The Kier molecular flexibility index (Phi) is 5.73. The van der Waals surface area contributed by atoms with Crippen molar-refractivity contribution >= 4 is 5.91 Å². The Labute approximate surface area is 161 Å². The minimum atomic E-state index is -0.329. The van der Waals surface area contributed by atoms with Crippen molar-refractivity contribution < 1.29 is 14.3 Å². The number of benzene rings is 1. The second kappa shape index (κ2) is 8.38. The second-order valence-corrected chi connectivity index (χ2v) is 5.90. The summed E-state index contributed by atoms with van der Waals surface area (Å²) < 4.78 is 13.2. The van der Waals surface area contributed by atoms with Crippen LogP contribution in [0.3, 0.4) is 0 Å². The lowest BCUT2D eigenvalue weighted by molar-refractivity contribution is 0.0948. The number of rotatable bonds is 7. The Hall–Kier alpha value is -3.62. The normalized spacial score (nSPS) is 10.5. The molecule has 2 heterocycles. The summed E-state index contributed by atoms with van der Waals surface area (Å²) in [6.45, 7) is 0.440. The van der Waals surface area contributed by atoms with E-state index >= 15 is 0 Å². The minimum absolute atomic E-state index is 0.220. The van der Waals surface area contributed by atoms with Crippen LogP contribution in [0.1, 0.15) is 10.4 Å². The first-order valence-corrected chi connectivity index (χ1v) is 8.61. The van der Waals surface area contributed by atoms with Crippen molar-refractivity contribution in [3.05, 3.63) is 58.6 Å². The van der Waals surface area contributed by atoms with Gasteiger partial charge in [-0.1, -0.05) is 12.1 Å². The van der Waals surface area contributed by atoms with Crippen LogP contribution in [0.2, 0.25) is 0 Å². The number of para-hydroxylation sites is 1. The SMILES string of the molecule is COc1cccc(C(=O)NCCn2nc(-c3ccccn3)n(C)c2=O)c1OC. The number of carbonyl (C=O) groups excluding carboxylic acids is 1. The van der Waals surface area contributed by atoms with E-state index in [1.165, 1.54) is 23.5 Å². The number of nitrogens with zero attached hydrogens (tertiary/aromatic N) is 4. The summed E-state index contributed by atoms with van der Waals surface area (Å²) in [5.74, 6) is 0.960. The highest BCUT2D eigenvalue weighted by Gasteiger charge is 2.17. The third kappa shape index (κ3) is 3.73. The van der Waals surface area contributed by atoms with Gasteiger partial charge in [0.05, 0.1) is 26.3 Å². The molecular weight excluding hydrogens is 362 g/mol. The van der Waals surface area contributed by atoms with Crippen LogP contribution in [0.4, 0.5) is 0 Å². The van der Waals surface area contributed by atoms with E-state index in [0.29, 0.717) is 28.6 Å². The van der Waals surface area contributed by atoms with Crippen LogP contribution in [-0.4, -0.2) is 46.0 Å². The van der Waals surface area contributed by atoms with Gasteiger partial charge in [0, 0.05) is 19.8 Å². The Morgan fingerprint density at radius 3 is 2.64 bits per heavy atom. The number of carbonyl (C=O) groups is 1. The predicted octanol–water partition coefficient (Wildman–Crippen LogP) is 1.09. The van der Waals surface area contributed by atoms with Gasteiger partial charge in [-0.2, -0.15) is 0 Å². The lowest BCUT2D eigenvalue weighted by Crippen LogP contribution is -2.32. The van der Waals surface area contributed by atoms with Crippen LogP contribution in [0.5, 0.6) is 11.5 Å². The van der Waals surface area contributed by atoms with E-state index in [9.17, 15) is 9.59 Å². The molecule has 0 aliphatic carbocycles. The molecule has 28 heavy (non-hydrogen) atoms. The molecule has 0 aliphatic rings. The molecule has 1 amide bonds. The maximum atomic E-state index is 12.5. The number of nitrogens with one attached hydrogen (secondary N) is 1. The lowest BCUT2D eigenvalue weighted by atomic mass is 10.1. The number of amides is 1. The first kappa shape index (κ1) is 19.2. The molecule has 0 aliphatic heterocycles. The Morgan fingerprint density at radius 1 is 1.14 bits per heavy atom. The van der Waals surface area contributed by atoms with E-state index in [1.807, 2.05) is 6.07 Å². The van der Waals surface area contributed by atoms with E-state index in [0.717, 1.165) is 0 Å². The maximum Gasteiger partial charge on any atom is 0.346 e. The minimum Gasteiger partial charge on any atom is -0.493 e. The average molecular weight is 383 g/mol. The molecule has 0 unspecified atom stereocenters. The third-order valence-corrected chi connectivity index (χ3v) is 4.19. The van der Waals surface area contributed by atoms with Crippen molar-refractivity contribution in [2.45, 2.75) is 6.54 Å². The van der Waals surface area contributed by atoms with Crippen LogP contribution < -0.4 is 20.5 Å². The number of methoxy groups -OCH3 is 2. The molecule has 3 rings (SSSR count). The van der Waals surface area contributed by atoms with Gasteiger partial charge in [-0.15, -0.1) is 5.10 Å². The van der Waals surface area contributed by atoms with Gasteiger partial charge in [-0.3, -0.25) is 14.3 Å². The van der Waals surface area contributed by atoms with Gasteiger partial charge < -0.3 is 14.8 Å². The molecule has 0 saturated carbocycles. The van der Waals surface area contributed by atoms with E-state index in [-0.39, 0.29) is 24.7 Å². The van der Waals surface area contributed by atoms with Gasteiger partial charge in [0.15, 0.2) is 17.3 Å². The van der Waals surface area contributed by atoms with Crippen LogP contribution in [0, 0.1) is 0 Å². The number of hydrogen-bond acceptors (Lipinski definition) is 6. The molecule has 3 aromatic rings. The largest absolute Gasteiger partial charge is 0.493 e. The summed E-state index contributed by atoms with van der Waals surface area (Å²) in [4.78, 5) is 29.1. The first-order valence-electron chi connectivity index (χ1n) is 8.61. The van der Waals surface area contributed by atoms with Crippen molar-refractivity contribution in [2.75, 3.05) is 20.8 Å². The monoisotopic (exact) mass is 383 g/mol. The number of pyridine rings is 1. The summed E-state index contributed by atoms with van der Waals surface area (Å²) in [7, 11) is 4.61. The molecule has 0 radical (unpaired) electrons. The maximum absolute atomic E-state index is 12.5. The van der Waals surface area contributed by atoms with E-state index in [2.05, 4.69) is 15.4 Å². The van der Waals surface area contributed by atoms with E-state index in [4.69, 9.17) is 9.47 Å². The van der Waals surface area contributed by atoms with Gasteiger partial charge >= 0.3 is 5.69 Å². The van der Waals surface area contributed by atoms with E-state index in [1.54, 1.807) is 43.6 Å². The second-order valence-electron chi connectivity index (χ2n) is 5.90. The van der Waals surface area contributed by atoms with Crippen LogP contribution in [0.15, 0.2) is 47.4 Å². The Balaban J connectivity index is 1.71. The zero-order valence-corrected chi connectivity index (χ0v) is 15.9. The molecule has 9 heteroatoms. The average Bonchev–Trinajstić information content (AvgIpc) is 3.02. The van der Waals surface area contributed by atoms with Gasteiger partial charge in [0.25, 0.3) is 5.91 Å². The molecule has 0 bridgehead atoms. The molecule has 146 valence electrons. The molecule has 1 N–H and O–H groups in total. The molecule has 9 nitrogen and oxygen atoms in total. The molecule has 1 aromatic carbocycles. The Morgan fingerprint density at radius 2 is 1.96 bits per heavy atom. The predicted molar refractivity (Wildman–Crippen MR) is 103 cm³/mol. The zero-order chi connectivity index (χ0) is 20.1. The highest BCUT2D eigenvalue weighted by Crippen LogP contribution is 2.30. The van der Waals surface area contributed by atoms with Gasteiger partial charge in [-0.25, -0.2) is 9.48 Å². The van der Waals surface area contributed by atoms with Gasteiger partial charge in [0.2, 0.25) is 0 Å². The molecule has 0 atom stereocenters. The zero-order valence-electron chi connectivity index (χ0n) is 15.9. The summed E-state index contributed by atoms with van der Waals surface area (Å²) >= 11 is 0. The molecule has 2 aromatic heterocycles. The Bertz CT molecular complexity index is 1030. The summed E-state index contributed by atoms with van der Waals surface area (Å²) in [5, 5.41) is 7.09. The topological polar surface area (TPSA) is 100 Å². The summed E-state index contributed by atoms with van der Waals surface area (Å²) in [6, 6.07) is 10.5. The van der Waals surface area contributed by atoms with Gasteiger partial charge in [0.1, 0.15) is 5.69 Å². The van der Waals surface area contributed by atoms with Crippen LogP contribution >= 0.6 is 0 Å². The van der Waals surface area contributed by atoms with Crippen LogP contribution in [-0.2, 0) is 13.6 Å². The highest BCUT2D eigenvalue weighted by molar-refractivity contribution is 5.97. The number of ether oxygens (including phenoxy) is 2. The third-order valence-electron chi connectivity index (χ3n) is 4.19. The molecule has 0 fully saturated rings. The number of aromatic nitrogens is 4. The molecule has 0 saturated heterocycles.